The molecule has 0 spiro atoms. The summed E-state index contributed by atoms with van der Waals surface area (Å²) in [5.41, 5.74) is 2.35. The van der Waals surface area contributed by atoms with Gasteiger partial charge in [0.15, 0.2) is 11.5 Å². The lowest BCUT2D eigenvalue weighted by molar-refractivity contribution is 0.188. The molecule has 5 heteroatoms. The van der Waals surface area contributed by atoms with Gasteiger partial charge in [-0.1, -0.05) is 13.3 Å². The molecule has 0 radical (unpaired) electrons. The zero-order valence-electron chi connectivity index (χ0n) is 13.9. The Labute approximate surface area is 132 Å². The molecule has 0 saturated heterocycles. The van der Waals surface area contributed by atoms with Crippen molar-refractivity contribution in [1.29, 1.82) is 0 Å². The van der Waals surface area contributed by atoms with Crippen LogP contribution in [-0.4, -0.2) is 37.7 Å². The largest absolute Gasteiger partial charge is 0.493 e. The van der Waals surface area contributed by atoms with Crippen molar-refractivity contribution in [3.63, 3.8) is 0 Å². The van der Waals surface area contributed by atoms with Crippen LogP contribution in [0.15, 0.2) is 12.1 Å². The molecule has 1 atom stereocenters. The van der Waals surface area contributed by atoms with E-state index in [1.807, 2.05) is 24.0 Å². The van der Waals surface area contributed by atoms with Crippen LogP contribution in [0.5, 0.6) is 11.5 Å². The fourth-order valence-corrected chi connectivity index (χ4v) is 2.86. The highest BCUT2D eigenvalue weighted by Crippen LogP contribution is 2.33. The van der Waals surface area contributed by atoms with E-state index in [0.717, 1.165) is 37.1 Å². The molecule has 5 nitrogen and oxygen atoms in total. The predicted octanol–water partition coefficient (Wildman–Crippen LogP) is 2.96. The van der Waals surface area contributed by atoms with Gasteiger partial charge >= 0.3 is 6.03 Å². The number of ether oxygens (including phenoxy) is 2. The molecule has 0 aliphatic carbocycles. The summed E-state index contributed by atoms with van der Waals surface area (Å²) in [7, 11) is 3.27. The number of methoxy groups -OCH3 is 2. The van der Waals surface area contributed by atoms with Crippen molar-refractivity contribution in [3.8, 4) is 11.5 Å². The van der Waals surface area contributed by atoms with Crippen molar-refractivity contribution in [2.24, 2.45) is 0 Å². The Balaban J connectivity index is 2.09. The molecule has 2 rings (SSSR count). The normalized spacial score (nSPS) is 15.0. The number of fused-ring (bicyclic) bond motifs is 1. The van der Waals surface area contributed by atoms with Gasteiger partial charge in [-0.05, 0) is 43.0 Å². The van der Waals surface area contributed by atoms with Gasteiger partial charge in [0, 0.05) is 19.1 Å². The van der Waals surface area contributed by atoms with Crippen LogP contribution < -0.4 is 14.8 Å². The molecule has 1 unspecified atom stereocenters. The number of amides is 2. The minimum atomic E-state index is 0.0152. The molecule has 1 heterocycles. The summed E-state index contributed by atoms with van der Waals surface area (Å²) in [6.45, 7) is 5.51. The van der Waals surface area contributed by atoms with E-state index in [4.69, 9.17) is 9.47 Å². The van der Waals surface area contributed by atoms with Gasteiger partial charge in [0.25, 0.3) is 0 Å². The second kappa shape index (κ2) is 7.38. The summed E-state index contributed by atoms with van der Waals surface area (Å²) in [5.74, 6) is 1.46. The Bertz CT molecular complexity index is 531. The van der Waals surface area contributed by atoms with E-state index in [9.17, 15) is 4.79 Å². The summed E-state index contributed by atoms with van der Waals surface area (Å²) >= 11 is 0. The van der Waals surface area contributed by atoms with Crippen LogP contribution in [0, 0.1) is 0 Å². The zero-order chi connectivity index (χ0) is 16.1. The Hall–Kier alpha value is -1.91. The van der Waals surface area contributed by atoms with Crippen LogP contribution in [0.1, 0.15) is 37.8 Å². The Kier molecular flexibility index (Phi) is 5.52. The molecule has 0 saturated carbocycles. The molecule has 1 aromatic rings. The summed E-state index contributed by atoms with van der Waals surface area (Å²) in [4.78, 5) is 14.2. The van der Waals surface area contributed by atoms with Crippen molar-refractivity contribution in [2.45, 2.75) is 45.7 Å². The van der Waals surface area contributed by atoms with E-state index in [1.54, 1.807) is 14.2 Å². The maximum absolute atomic E-state index is 12.3. The first-order chi connectivity index (χ1) is 10.6. The fraction of sp³-hybridized carbons (Fsp3) is 0.588. The average Bonchev–Trinajstić information content (AvgIpc) is 2.52. The van der Waals surface area contributed by atoms with Crippen molar-refractivity contribution in [1.82, 2.24) is 10.2 Å². The number of hydrogen-bond donors (Lipinski definition) is 1. The monoisotopic (exact) mass is 306 g/mol. The van der Waals surface area contributed by atoms with Crippen LogP contribution >= 0.6 is 0 Å². The van der Waals surface area contributed by atoms with E-state index in [-0.39, 0.29) is 12.1 Å². The SMILES string of the molecule is CCCC(C)NC(=O)N1CCc2cc(OC)c(OC)cc2C1. The molecule has 2 amide bonds. The molecular formula is C17H26N2O3. The highest BCUT2D eigenvalue weighted by molar-refractivity contribution is 5.75. The molecule has 1 aliphatic heterocycles. The summed E-state index contributed by atoms with van der Waals surface area (Å²) in [5, 5.41) is 3.06. The molecular weight excluding hydrogens is 280 g/mol. The number of carbonyl (C=O) groups excluding carboxylic acids is 1. The summed E-state index contributed by atoms with van der Waals surface area (Å²) < 4.78 is 10.7. The Morgan fingerprint density at radius 3 is 2.50 bits per heavy atom. The van der Waals surface area contributed by atoms with Gasteiger partial charge in [-0.15, -0.1) is 0 Å². The number of carbonyl (C=O) groups is 1. The molecule has 0 bridgehead atoms. The van der Waals surface area contributed by atoms with Crippen LogP contribution in [-0.2, 0) is 13.0 Å². The van der Waals surface area contributed by atoms with Crippen LogP contribution in [0.2, 0.25) is 0 Å². The lowest BCUT2D eigenvalue weighted by Gasteiger charge is -2.30. The maximum atomic E-state index is 12.3. The minimum Gasteiger partial charge on any atom is -0.493 e. The second-order valence-electron chi connectivity index (χ2n) is 5.79. The third kappa shape index (κ3) is 3.64. The topological polar surface area (TPSA) is 50.8 Å². The number of rotatable bonds is 5. The zero-order valence-corrected chi connectivity index (χ0v) is 13.9. The lowest BCUT2D eigenvalue weighted by Crippen LogP contribution is -2.45. The minimum absolute atomic E-state index is 0.0152. The molecule has 122 valence electrons. The fourth-order valence-electron chi connectivity index (χ4n) is 2.86. The van der Waals surface area contributed by atoms with Gasteiger partial charge < -0.3 is 19.7 Å². The Morgan fingerprint density at radius 2 is 1.91 bits per heavy atom. The van der Waals surface area contributed by atoms with Gasteiger partial charge in [-0.3, -0.25) is 0 Å². The van der Waals surface area contributed by atoms with E-state index in [0.29, 0.717) is 12.3 Å². The predicted molar refractivity (Wildman–Crippen MR) is 86.6 cm³/mol. The standard InChI is InChI=1S/C17H26N2O3/c1-5-6-12(2)18-17(20)19-8-7-13-9-15(21-3)16(22-4)10-14(13)11-19/h9-10,12H,5-8,11H2,1-4H3,(H,18,20). The van der Waals surface area contributed by atoms with E-state index in [1.165, 1.54) is 5.56 Å². The van der Waals surface area contributed by atoms with Crippen LogP contribution in [0.3, 0.4) is 0 Å². The maximum Gasteiger partial charge on any atom is 0.317 e. The molecule has 1 N–H and O–H groups in total. The van der Waals surface area contributed by atoms with Crippen LogP contribution in [0.25, 0.3) is 0 Å². The number of benzene rings is 1. The molecule has 0 aromatic heterocycles. The van der Waals surface area contributed by atoms with Gasteiger partial charge in [0.05, 0.1) is 14.2 Å². The highest BCUT2D eigenvalue weighted by atomic mass is 16.5. The molecule has 1 aromatic carbocycles. The molecule has 1 aliphatic rings. The van der Waals surface area contributed by atoms with Gasteiger partial charge in [0.1, 0.15) is 0 Å². The third-order valence-electron chi connectivity index (χ3n) is 4.10. The van der Waals surface area contributed by atoms with Crippen molar-refractivity contribution >= 4 is 6.03 Å². The van der Waals surface area contributed by atoms with Crippen molar-refractivity contribution in [3.05, 3.63) is 23.3 Å². The average molecular weight is 306 g/mol. The van der Waals surface area contributed by atoms with E-state index in [2.05, 4.69) is 12.2 Å². The number of nitrogens with zero attached hydrogens (tertiary/aromatic N) is 1. The smallest absolute Gasteiger partial charge is 0.317 e. The Morgan fingerprint density at radius 1 is 1.27 bits per heavy atom. The van der Waals surface area contributed by atoms with Gasteiger partial charge in [-0.25, -0.2) is 4.79 Å². The molecule has 0 fully saturated rings. The second-order valence-corrected chi connectivity index (χ2v) is 5.79. The van der Waals surface area contributed by atoms with E-state index < -0.39 is 0 Å². The first-order valence-corrected chi connectivity index (χ1v) is 7.88. The van der Waals surface area contributed by atoms with Gasteiger partial charge in [-0.2, -0.15) is 0 Å². The van der Waals surface area contributed by atoms with Crippen molar-refractivity contribution in [2.75, 3.05) is 20.8 Å². The van der Waals surface area contributed by atoms with Crippen LogP contribution in [0.4, 0.5) is 4.79 Å². The summed E-state index contributed by atoms with van der Waals surface area (Å²) in [6, 6.07) is 4.22. The first kappa shape index (κ1) is 16.5. The molecule has 22 heavy (non-hydrogen) atoms. The van der Waals surface area contributed by atoms with Gasteiger partial charge in [0.2, 0.25) is 0 Å². The number of urea groups is 1. The highest BCUT2D eigenvalue weighted by Gasteiger charge is 2.23. The number of nitrogens with one attached hydrogen (secondary N) is 1. The third-order valence-corrected chi connectivity index (χ3v) is 4.10. The van der Waals surface area contributed by atoms with E-state index >= 15 is 0 Å². The number of hydrogen-bond acceptors (Lipinski definition) is 3. The lowest BCUT2D eigenvalue weighted by atomic mass is 9.99. The first-order valence-electron chi connectivity index (χ1n) is 7.88. The summed E-state index contributed by atoms with van der Waals surface area (Å²) in [6.07, 6.45) is 2.91. The van der Waals surface area contributed by atoms with Crippen molar-refractivity contribution < 1.29 is 14.3 Å². The quantitative estimate of drug-likeness (QED) is 0.910.